The number of hydrogen-bond donors (Lipinski definition) is 2. The molecule has 0 aliphatic carbocycles. The molecule has 2 amide bonds. The van der Waals surface area contributed by atoms with Crippen molar-refractivity contribution in [3.8, 4) is 0 Å². The molecule has 1 atom stereocenters. The third kappa shape index (κ3) is 5.14. The van der Waals surface area contributed by atoms with E-state index in [1.807, 2.05) is 13.0 Å². The van der Waals surface area contributed by atoms with Crippen LogP contribution in [0.5, 0.6) is 0 Å². The number of hydrogen-bond acceptors (Lipinski definition) is 8. The quantitative estimate of drug-likeness (QED) is 0.157. The molecule has 0 spiro atoms. The van der Waals surface area contributed by atoms with E-state index < -0.39 is 16.1 Å². The highest BCUT2D eigenvalue weighted by Gasteiger charge is 2.23. The van der Waals surface area contributed by atoms with Crippen molar-refractivity contribution in [2.45, 2.75) is 31.2 Å². The molecule has 2 aromatic heterocycles. The van der Waals surface area contributed by atoms with Crippen molar-refractivity contribution in [2.24, 2.45) is 0 Å². The van der Waals surface area contributed by atoms with Crippen LogP contribution in [0.25, 0.3) is 11.1 Å². The van der Waals surface area contributed by atoms with Crippen LogP contribution in [-0.2, 0) is 4.79 Å². The number of para-hydroxylation sites is 2. The van der Waals surface area contributed by atoms with E-state index >= 15 is 0 Å². The maximum Gasteiger partial charge on any atom is 0.292 e. The molecule has 178 valence electrons. The number of nitro groups is 1. The molecule has 35 heavy (non-hydrogen) atoms. The number of carbonyl (C=O) groups is 2. The topological polar surface area (TPSA) is 140 Å². The minimum atomic E-state index is -0.706. The summed E-state index contributed by atoms with van der Waals surface area (Å²) in [4.78, 5) is 45.1. The summed E-state index contributed by atoms with van der Waals surface area (Å²) >= 11 is 1.04. The highest BCUT2D eigenvalue weighted by atomic mass is 32.2. The summed E-state index contributed by atoms with van der Waals surface area (Å²) in [5.74, 6) is 0.0949. The molecule has 10 nitrogen and oxygen atoms in total. The summed E-state index contributed by atoms with van der Waals surface area (Å²) in [7, 11) is 0. The van der Waals surface area contributed by atoms with Gasteiger partial charge in [-0.3, -0.25) is 19.7 Å². The fourth-order valence-corrected chi connectivity index (χ4v) is 4.09. The second-order valence-electron chi connectivity index (χ2n) is 7.66. The number of rotatable bonds is 7. The molecular formula is C24H21N5O5S. The van der Waals surface area contributed by atoms with Crippen LogP contribution in [-0.4, -0.2) is 32.0 Å². The second-order valence-corrected chi connectivity index (χ2v) is 8.97. The lowest BCUT2D eigenvalue weighted by Gasteiger charge is -2.12. The number of aromatic nitrogens is 2. The van der Waals surface area contributed by atoms with Crippen molar-refractivity contribution >= 4 is 51.9 Å². The average Bonchev–Trinajstić information content (AvgIpc) is 3.13. The van der Waals surface area contributed by atoms with E-state index in [1.54, 1.807) is 44.2 Å². The number of fused-ring (bicyclic) bond motifs is 1. The number of nitrogens with one attached hydrogen (secondary N) is 2. The van der Waals surface area contributed by atoms with Crippen molar-refractivity contribution in [1.29, 1.82) is 0 Å². The number of carbonyl (C=O) groups excluding carboxylic acids is 2. The highest BCUT2D eigenvalue weighted by Crippen LogP contribution is 2.33. The van der Waals surface area contributed by atoms with E-state index in [4.69, 9.17) is 4.42 Å². The van der Waals surface area contributed by atoms with Gasteiger partial charge >= 0.3 is 0 Å². The zero-order chi connectivity index (χ0) is 25.1. The molecule has 0 aliphatic heterocycles. The van der Waals surface area contributed by atoms with Gasteiger partial charge in [-0.05, 0) is 39.0 Å². The Balaban J connectivity index is 1.60. The van der Waals surface area contributed by atoms with Gasteiger partial charge in [-0.2, -0.15) is 4.98 Å². The van der Waals surface area contributed by atoms with Crippen LogP contribution >= 0.6 is 11.8 Å². The Morgan fingerprint density at radius 1 is 1.03 bits per heavy atom. The number of aryl methyl sites for hydroxylation is 2. The van der Waals surface area contributed by atoms with Crippen LogP contribution in [0.2, 0.25) is 0 Å². The van der Waals surface area contributed by atoms with Gasteiger partial charge in [-0.1, -0.05) is 42.1 Å². The zero-order valence-corrected chi connectivity index (χ0v) is 19.9. The molecule has 0 fully saturated rings. The number of nitro benzene ring substituents is 1. The number of amides is 2. The van der Waals surface area contributed by atoms with Crippen LogP contribution < -0.4 is 10.6 Å². The van der Waals surface area contributed by atoms with Crippen LogP contribution in [0.1, 0.15) is 28.6 Å². The largest absolute Gasteiger partial charge is 0.443 e. The molecule has 0 bridgehead atoms. The lowest BCUT2D eigenvalue weighted by molar-refractivity contribution is -0.383. The first-order valence-electron chi connectivity index (χ1n) is 10.6. The summed E-state index contributed by atoms with van der Waals surface area (Å²) < 4.78 is 5.76. The van der Waals surface area contributed by atoms with Gasteiger partial charge in [0.15, 0.2) is 5.16 Å². The molecule has 2 N–H and O–H groups in total. The molecule has 1 unspecified atom stereocenters. The first-order chi connectivity index (χ1) is 16.7. The van der Waals surface area contributed by atoms with Crippen LogP contribution in [0.4, 0.5) is 17.2 Å². The summed E-state index contributed by atoms with van der Waals surface area (Å²) in [5, 5.41) is 16.7. The second kappa shape index (κ2) is 9.94. The van der Waals surface area contributed by atoms with Gasteiger partial charge in [0, 0.05) is 17.2 Å². The Morgan fingerprint density at radius 2 is 1.71 bits per heavy atom. The normalized spacial score (nSPS) is 11.7. The summed E-state index contributed by atoms with van der Waals surface area (Å²) in [6, 6.07) is 14.6. The fraction of sp³-hybridized carbons (Fsp3) is 0.167. The summed E-state index contributed by atoms with van der Waals surface area (Å²) in [6.07, 6.45) is 0. The first-order valence-corrected chi connectivity index (χ1v) is 11.5. The molecule has 4 aromatic rings. The van der Waals surface area contributed by atoms with E-state index in [0.717, 1.165) is 17.3 Å². The molecule has 0 saturated carbocycles. The lowest BCUT2D eigenvalue weighted by Crippen LogP contribution is -2.23. The third-order valence-corrected chi connectivity index (χ3v) is 6.25. The van der Waals surface area contributed by atoms with Gasteiger partial charge in [0.25, 0.3) is 11.6 Å². The minimum absolute atomic E-state index is 0.0967. The molecule has 0 radical (unpaired) electrons. The Hall–Kier alpha value is -4.25. The van der Waals surface area contributed by atoms with Gasteiger partial charge in [-0.15, -0.1) is 0 Å². The zero-order valence-electron chi connectivity index (χ0n) is 19.1. The van der Waals surface area contributed by atoms with Gasteiger partial charge in [0.1, 0.15) is 17.3 Å². The third-order valence-electron chi connectivity index (χ3n) is 5.29. The van der Waals surface area contributed by atoms with E-state index in [9.17, 15) is 19.7 Å². The van der Waals surface area contributed by atoms with Crippen molar-refractivity contribution in [1.82, 2.24) is 9.97 Å². The predicted octanol–water partition coefficient (Wildman–Crippen LogP) is 5.12. The number of benzene rings is 2. The van der Waals surface area contributed by atoms with Crippen molar-refractivity contribution < 1.29 is 18.9 Å². The van der Waals surface area contributed by atoms with Gasteiger partial charge in [0.05, 0.1) is 15.6 Å². The van der Waals surface area contributed by atoms with E-state index in [0.29, 0.717) is 16.7 Å². The molecule has 0 saturated heterocycles. The van der Waals surface area contributed by atoms with Crippen LogP contribution in [0, 0.1) is 24.0 Å². The Bertz CT molecular complexity index is 1440. The molecule has 2 heterocycles. The SMILES string of the molecule is Cc1oc2nc(SC(C)C(=O)Nc3ccccc3[N+](=O)[O-])nc(NC(=O)c3ccccc3)c2c1C. The molecule has 11 heteroatoms. The van der Waals surface area contributed by atoms with Gasteiger partial charge < -0.3 is 15.1 Å². The summed E-state index contributed by atoms with van der Waals surface area (Å²) in [5.41, 5.74) is 1.43. The monoisotopic (exact) mass is 491 g/mol. The molecule has 2 aromatic carbocycles. The first kappa shape index (κ1) is 23.9. The van der Waals surface area contributed by atoms with Crippen LogP contribution in [0.3, 0.4) is 0 Å². The highest BCUT2D eigenvalue weighted by molar-refractivity contribution is 8.00. The molecule has 0 aliphatic rings. The molecular weight excluding hydrogens is 470 g/mol. The number of furan rings is 1. The molecule has 4 rings (SSSR count). The number of anilines is 2. The van der Waals surface area contributed by atoms with E-state index in [2.05, 4.69) is 20.6 Å². The Labute approximate surface area is 204 Å². The predicted molar refractivity (Wildman–Crippen MR) is 133 cm³/mol. The lowest BCUT2D eigenvalue weighted by atomic mass is 10.2. The van der Waals surface area contributed by atoms with Gasteiger partial charge in [0.2, 0.25) is 11.6 Å². The Morgan fingerprint density at radius 3 is 2.43 bits per heavy atom. The number of thioether (sulfide) groups is 1. The van der Waals surface area contributed by atoms with E-state index in [-0.39, 0.29) is 34.0 Å². The van der Waals surface area contributed by atoms with E-state index in [1.165, 1.54) is 18.2 Å². The van der Waals surface area contributed by atoms with Crippen LogP contribution in [0.15, 0.2) is 64.2 Å². The summed E-state index contributed by atoms with van der Waals surface area (Å²) in [6.45, 7) is 5.26. The minimum Gasteiger partial charge on any atom is -0.443 e. The average molecular weight is 492 g/mol. The van der Waals surface area contributed by atoms with Crippen molar-refractivity contribution in [2.75, 3.05) is 10.6 Å². The van der Waals surface area contributed by atoms with Crippen molar-refractivity contribution in [3.63, 3.8) is 0 Å². The van der Waals surface area contributed by atoms with Crippen molar-refractivity contribution in [3.05, 3.63) is 81.6 Å². The van der Waals surface area contributed by atoms with Gasteiger partial charge in [-0.25, -0.2) is 4.98 Å². The maximum absolute atomic E-state index is 12.8. The fourth-order valence-electron chi connectivity index (χ4n) is 3.33. The Kier molecular flexibility index (Phi) is 6.78. The standard InChI is InChI=1S/C24H21N5O5S/c1-13-14(2)34-23-19(13)20(26-22(31)16-9-5-4-6-10-16)27-24(28-23)35-15(3)21(30)25-17-11-7-8-12-18(17)29(32)33/h4-12,15H,1-3H3,(H,25,30)(H,26,27,28,31). The maximum atomic E-state index is 12.8. The number of nitrogens with zero attached hydrogens (tertiary/aromatic N) is 3. The smallest absolute Gasteiger partial charge is 0.292 e.